The molecule has 1 aliphatic rings. The van der Waals surface area contributed by atoms with Gasteiger partial charge in [0.1, 0.15) is 6.10 Å². The van der Waals surface area contributed by atoms with Crippen LogP contribution in [-0.4, -0.2) is 44.7 Å². The van der Waals surface area contributed by atoms with Crippen molar-refractivity contribution in [2.45, 2.75) is 26.0 Å². The maximum Gasteiger partial charge on any atom is 0.228 e. The number of rotatable bonds is 4. The fourth-order valence-corrected chi connectivity index (χ4v) is 3.91. The molecule has 1 unspecified atom stereocenters. The van der Waals surface area contributed by atoms with Gasteiger partial charge in [-0.05, 0) is 24.5 Å². The second kappa shape index (κ2) is 6.93. The van der Waals surface area contributed by atoms with Crippen LogP contribution in [0.1, 0.15) is 24.3 Å². The first-order valence-electron chi connectivity index (χ1n) is 8.49. The van der Waals surface area contributed by atoms with Crippen molar-refractivity contribution in [2.24, 2.45) is 0 Å². The molecule has 1 atom stereocenters. The van der Waals surface area contributed by atoms with Crippen molar-refractivity contribution < 1.29 is 9.53 Å². The number of fused-ring (bicyclic) bond motifs is 1. The van der Waals surface area contributed by atoms with Crippen molar-refractivity contribution in [1.29, 1.82) is 0 Å². The third-order valence-corrected chi connectivity index (χ3v) is 5.40. The van der Waals surface area contributed by atoms with E-state index in [4.69, 9.17) is 4.74 Å². The van der Waals surface area contributed by atoms with Crippen molar-refractivity contribution in [2.75, 3.05) is 19.7 Å². The molecule has 130 valence electrons. The van der Waals surface area contributed by atoms with Crippen LogP contribution in [0.15, 0.2) is 36.7 Å². The van der Waals surface area contributed by atoms with E-state index in [2.05, 4.69) is 9.47 Å². The van der Waals surface area contributed by atoms with Crippen LogP contribution in [0.5, 0.6) is 0 Å². The first kappa shape index (κ1) is 16.2. The largest absolute Gasteiger partial charge is 0.370 e. The van der Waals surface area contributed by atoms with Gasteiger partial charge in [-0.3, -0.25) is 9.48 Å². The predicted octanol–water partition coefficient (Wildman–Crippen LogP) is 2.66. The minimum atomic E-state index is -0.106. The Kier molecular flexibility index (Phi) is 4.50. The lowest BCUT2D eigenvalue weighted by Gasteiger charge is -2.32. The molecule has 0 saturated carbocycles. The molecular weight excluding hydrogens is 336 g/mol. The Morgan fingerprint density at radius 2 is 2.28 bits per heavy atom. The number of carbonyl (C=O) groups excluding carboxylic acids is 1. The molecule has 3 heterocycles. The summed E-state index contributed by atoms with van der Waals surface area (Å²) in [6.07, 6.45) is 4.05. The van der Waals surface area contributed by atoms with Crippen molar-refractivity contribution in [1.82, 2.24) is 19.1 Å². The second-order valence-corrected chi connectivity index (χ2v) is 6.94. The molecule has 0 spiro atoms. The van der Waals surface area contributed by atoms with Crippen LogP contribution in [0.4, 0.5) is 0 Å². The molecule has 6 nitrogen and oxygen atoms in total. The van der Waals surface area contributed by atoms with Gasteiger partial charge in [0.15, 0.2) is 0 Å². The summed E-state index contributed by atoms with van der Waals surface area (Å²) in [6, 6.07) is 8.05. The van der Waals surface area contributed by atoms with Crippen LogP contribution in [0.25, 0.3) is 10.1 Å². The normalized spacial score (nSPS) is 18.0. The summed E-state index contributed by atoms with van der Waals surface area (Å²) in [6.45, 7) is 4.61. The van der Waals surface area contributed by atoms with Crippen LogP contribution < -0.4 is 0 Å². The molecule has 7 heteroatoms. The van der Waals surface area contributed by atoms with Gasteiger partial charge in [-0.2, -0.15) is 9.47 Å². The average Bonchev–Trinajstić information content (AvgIpc) is 3.29. The molecule has 1 amide bonds. The number of carbonyl (C=O) groups is 1. The molecular formula is C18H20N4O2S. The smallest absolute Gasteiger partial charge is 0.228 e. The summed E-state index contributed by atoms with van der Waals surface area (Å²) < 4.78 is 13.3. The van der Waals surface area contributed by atoms with Gasteiger partial charge in [0.25, 0.3) is 0 Å². The Morgan fingerprint density at radius 1 is 1.40 bits per heavy atom. The molecule has 3 aromatic rings. The number of aromatic nitrogens is 3. The summed E-state index contributed by atoms with van der Waals surface area (Å²) in [5.41, 5.74) is 1.89. The summed E-state index contributed by atoms with van der Waals surface area (Å²) in [5, 5.41) is 5.38. The number of aryl methyl sites for hydroxylation is 1. The third kappa shape index (κ3) is 3.29. The lowest BCUT2D eigenvalue weighted by atomic mass is 10.1. The number of amides is 1. The molecule has 0 bridgehead atoms. The van der Waals surface area contributed by atoms with E-state index < -0.39 is 0 Å². The van der Waals surface area contributed by atoms with E-state index in [0.29, 0.717) is 26.1 Å². The summed E-state index contributed by atoms with van der Waals surface area (Å²) in [5.74, 6) is 0.104. The minimum absolute atomic E-state index is 0.104. The van der Waals surface area contributed by atoms with Gasteiger partial charge in [-0.15, -0.1) is 0 Å². The first-order chi connectivity index (χ1) is 12.2. The number of benzene rings is 1. The molecule has 0 radical (unpaired) electrons. The molecule has 4 rings (SSSR count). The van der Waals surface area contributed by atoms with Gasteiger partial charge in [-0.25, -0.2) is 0 Å². The van der Waals surface area contributed by atoms with E-state index in [0.717, 1.165) is 27.9 Å². The van der Waals surface area contributed by atoms with Gasteiger partial charge in [-0.1, -0.05) is 18.2 Å². The lowest BCUT2D eigenvalue weighted by molar-refractivity contribution is -0.138. The lowest BCUT2D eigenvalue weighted by Crippen LogP contribution is -2.43. The fourth-order valence-electron chi connectivity index (χ4n) is 3.12. The molecule has 1 aliphatic heterocycles. The van der Waals surface area contributed by atoms with E-state index in [1.54, 1.807) is 0 Å². The van der Waals surface area contributed by atoms with E-state index in [1.807, 2.05) is 53.2 Å². The monoisotopic (exact) mass is 356 g/mol. The topological polar surface area (TPSA) is 60.2 Å². The summed E-state index contributed by atoms with van der Waals surface area (Å²) >= 11 is 1.45. The second-order valence-electron chi connectivity index (χ2n) is 6.13. The number of hydrogen-bond acceptors (Lipinski definition) is 5. The molecule has 1 fully saturated rings. The SMILES string of the molecule is CCn1cc(C2CN(C(=O)Cc3nsc4ccccc34)CCO2)cn1. The zero-order chi connectivity index (χ0) is 17.2. The maximum atomic E-state index is 12.8. The van der Waals surface area contributed by atoms with Crippen LogP contribution in [0, 0.1) is 0 Å². The Bertz CT molecular complexity index is 888. The van der Waals surface area contributed by atoms with Crippen molar-refractivity contribution in [3.05, 3.63) is 47.9 Å². The number of nitrogens with zero attached hydrogens (tertiary/aromatic N) is 4. The molecule has 2 aromatic heterocycles. The third-order valence-electron chi connectivity index (χ3n) is 4.54. The molecule has 0 N–H and O–H groups in total. The van der Waals surface area contributed by atoms with Crippen LogP contribution in [0.3, 0.4) is 0 Å². The molecule has 1 saturated heterocycles. The van der Waals surface area contributed by atoms with Crippen molar-refractivity contribution in [3.8, 4) is 0 Å². The number of morpholine rings is 1. The Morgan fingerprint density at radius 3 is 3.12 bits per heavy atom. The van der Waals surface area contributed by atoms with E-state index in [-0.39, 0.29) is 12.0 Å². The Hall–Kier alpha value is -2.25. The van der Waals surface area contributed by atoms with Crippen LogP contribution in [-0.2, 0) is 22.5 Å². The summed E-state index contributed by atoms with van der Waals surface area (Å²) in [4.78, 5) is 14.6. The highest BCUT2D eigenvalue weighted by Gasteiger charge is 2.27. The van der Waals surface area contributed by atoms with Gasteiger partial charge in [0.05, 0.1) is 36.2 Å². The number of ether oxygens (including phenoxy) is 1. The Balaban J connectivity index is 1.46. The van der Waals surface area contributed by atoms with E-state index in [9.17, 15) is 4.79 Å². The zero-order valence-corrected chi connectivity index (χ0v) is 14.9. The van der Waals surface area contributed by atoms with Crippen LogP contribution >= 0.6 is 11.5 Å². The van der Waals surface area contributed by atoms with E-state index in [1.165, 1.54) is 11.5 Å². The average molecular weight is 356 g/mol. The zero-order valence-electron chi connectivity index (χ0n) is 14.1. The highest BCUT2D eigenvalue weighted by Crippen LogP contribution is 2.25. The minimum Gasteiger partial charge on any atom is -0.370 e. The van der Waals surface area contributed by atoms with Gasteiger partial charge < -0.3 is 9.64 Å². The van der Waals surface area contributed by atoms with Crippen LogP contribution in [0.2, 0.25) is 0 Å². The molecule has 25 heavy (non-hydrogen) atoms. The van der Waals surface area contributed by atoms with Crippen molar-refractivity contribution in [3.63, 3.8) is 0 Å². The van der Waals surface area contributed by atoms with Gasteiger partial charge in [0.2, 0.25) is 5.91 Å². The summed E-state index contributed by atoms with van der Waals surface area (Å²) in [7, 11) is 0. The fraction of sp³-hybridized carbons (Fsp3) is 0.389. The molecule has 1 aromatic carbocycles. The quantitative estimate of drug-likeness (QED) is 0.721. The maximum absolute atomic E-state index is 12.8. The predicted molar refractivity (Wildman–Crippen MR) is 96.5 cm³/mol. The first-order valence-corrected chi connectivity index (χ1v) is 9.27. The van der Waals surface area contributed by atoms with Gasteiger partial charge in [0, 0.05) is 30.2 Å². The standard InChI is InChI=1S/C18H20N4O2S/c1-2-22-11-13(10-19-22)16-12-21(7-8-24-16)18(23)9-15-14-5-3-4-6-17(14)25-20-15/h3-6,10-11,16H,2,7-9,12H2,1H3. The Labute approximate surface area is 150 Å². The van der Waals surface area contributed by atoms with E-state index >= 15 is 0 Å². The van der Waals surface area contributed by atoms with Crippen molar-refractivity contribution >= 4 is 27.5 Å². The number of hydrogen-bond donors (Lipinski definition) is 0. The molecule has 0 aliphatic carbocycles. The highest BCUT2D eigenvalue weighted by atomic mass is 32.1. The van der Waals surface area contributed by atoms with Gasteiger partial charge >= 0.3 is 0 Å². The highest BCUT2D eigenvalue weighted by molar-refractivity contribution is 7.13.